The highest BCUT2D eigenvalue weighted by Gasteiger charge is 2.17. The van der Waals surface area contributed by atoms with Crippen LogP contribution >= 0.6 is 0 Å². The molecular formula is C7H12N4OS. The van der Waals surface area contributed by atoms with Gasteiger partial charge in [0.2, 0.25) is 0 Å². The molecule has 1 aromatic heterocycles. The molecule has 0 saturated carbocycles. The van der Waals surface area contributed by atoms with E-state index in [0.29, 0.717) is 5.82 Å². The molecule has 0 aliphatic carbocycles. The zero-order chi connectivity index (χ0) is 9.26. The quantitative estimate of drug-likeness (QED) is 0.644. The Bertz CT molecular complexity index is 314. The van der Waals surface area contributed by atoms with E-state index >= 15 is 0 Å². The van der Waals surface area contributed by atoms with E-state index in [1.807, 2.05) is 0 Å². The van der Waals surface area contributed by atoms with Crippen molar-refractivity contribution in [2.75, 3.05) is 35.2 Å². The fraction of sp³-hybridized carbons (Fsp3) is 0.571. The third kappa shape index (κ3) is 1.67. The van der Waals surface area contributed by atoms with Crippen molar-refractivity contribution in [1.82, 2.24) is 10.2 Å². The largest absolute Gasteiger partial charge is 0.382 e. The van der Waals surface area contributed by atoms with Crippen LogP contribution < -0.4 is 10.6 Å². The van der Waals surface area contributed by atoms with Crippen LogP contribution in [-0.4, -0.2) is 39.0 Å². The number of nitrogen functional groups attached to an aromatic ring is 1. The molecule has 0 atom stereocenters. The Morgan fingerprint density at radius 3 is 2.77 bits per heavy atom. The van der Waals surface area contributed by atoms with Gasteiger partial charge in [-0.1, -0.05) is 0 Å². The summed E-state index contributed by atoms with van der Waals surface area (Å²) in [6, 6.07) is 0. The second kappa shape index (κ2) is 3.37. The third-order valence-corrected chi connectivity index (χ3v) is 3.44. The highest BCUT2D eigenvalue weighted by molar-refractivity contribution is 7.85. The van der Waals surface area contributed by atoms with Crippen molar-refractivity contribution in [2.45, 2.75) is 0 Å². The second-order valence-corrected chi connectivity index (χ2v) is 4.70. The van der Waals surface area contributed by atoms with E-state index in [0.717, 1.165) is 30.3 Å². The summed E-state index contributed by atoms with van der Waals surface area (Å²) in [4.78, 5) is 2.11. The lowest BCUT2D eigenvalue weighted by Crippen LogP contribution is -2.37. The van der Waals surface area contributed by atoms with Gasteiger partial charge in [0.1, 0.15) is 5.82 Å². The maximum absolute atomic E-state index is 11.1. The van der Waals surface area contributed by atoms with Gasteiger partial charge in [0, 0.05) is 35.4 Å². The first kappa shape index (κ1) is 8.55. The lowest BCUT2D eigenvalue weighted by molar-refractivity contribution is 0.673. The molecule has 1 aromatic rings. The summed E-state index contributed by atoms with van der Waals surface area (Å²) < 4.78 is 11.1. The van der Waals surface area contributed by atoms with Gasteiger partial charge in [0.25, 0.3) is 0 Å². The van der Waals surface area contributed by atoms with Crippen LogP contribution in [0.1, 0.15) is 0 Å². The number of rotatable bonds is 1. The summed E-state index contributed by atoms with van der Waals surface area (Å²) >= 11 is 0. The van der Waals surface area contributed by atoms with Gasteiger partial charge in [-0.15, -0.1) is 0 Å². The van der Waals surface area contributed by atoms with E-state index in [1.54, 1.807) is 6.20 Å². The van der Waals surface area contributed by atoms with Crippen LogP contribution in [0.25, 0.3) is 0 Å². The minimum Gasteiger partial charge on any atom is -0.382 e. The molecule has 5 nitrogen and oxygen atoms in total. The molecular weight excluding hydrogens is 188 g/mol. The molecule has 72 valence electrons. The van der Waals surface area contributed by atoms with Crippen molar-refractivity contribution in [2.24, 2.45) is 0 Å². The fourth-order valence-electron chi connectivity index (χ4n) is 1.42. The predicted molar refractivity (Wildman–Crippen MR) is 53.1 cm³/mol. The van der Waals surface area contributed by atoms with Gasteiger partial charge in [0.05, 0.1) is 11.9 Å². The Hall–Kier alpha value is -1.04. The number of hydrogen-bond donors (Lipinski definition) is 2. The Labute approximate surface area is 78.8 Å². The number of nitrogens with zero attached hydrogens (tertiary/aromatic N) is 2. The first-order valence-corrected chi connectivity index (χ1v) is 5.65. The molecule has 2 heterocycles. The number of nitrogens with one attached hydrogen (secondary N) is 1. The summed E-state index contributed by atoms with van der Waals surface area (Å²) in [5, 5.41) is 6.54. The first-order chi connectivity index (χ1) is 6.27. The Morgan fingerprint density at radius 2 is 2.23 bits per heavy atom. The molecule has 0 spiro atoms. The highest BCUT2D eigenvalue weighted by Crippen LogP contribution is 2.20. The monoisotopic (exact) mass is 200 g/mol. The molecule has 0 aromatic carbocycles. The normalized spacial score (nSPS) is 19.2. The lowest BCUT2D eigenvalue weighted by Gasteiger charge is -2.27. The van der Waals surface area contributed by atoms with Crippen LogP contribution in [0.3, 0.4) is 0 Å². The molecule has 3 N–H and O–H groups in total. The molecule has 0 amide bonds. The molecule has 2 rings (SSSR count). The van der Waals surface area contributed by atoms with Crippen LogP contribution in [-0.2, 0) is 10.8 Å². The molecule has 1 saturated heterocycles. The van der Waals surface area contributed by atoms with Crippen LogP contribution in [0.5, 0.6) is 0 Å². The van der Waals surface area contributed by atoms with Gasteiger partial charge in [-0.05, 0) is 0 Å². The molecule has 13 heavy (non-hydrogen) atoms. The van der Waals surface area contributed by atoms with E-state index in [-0.39, 0.29) is 0 Å². The summed E-state index contributed by atoms with van der Waals surface area (Å²) in [5.74, 6) is 2.04. The minimum atomic E-state index is -0.642. The van der Waals surface area contributed by atoms with Crippen LogP contribution in [0.4, 0.5) is 11.5 Å². The smallest absolute Gasteiger partial charge is 0.142 e. The maximum Gasteiger partial charge on any atom is 0.142 e. The van der Waals surface area contributed by atoms with Crippen molar-refractivity contribution >= 4 is 22.3 Å². The number of aromatic nitrogens is 2. The van der Waals surface area contributed by atoms with Gasteiger partial charge in [-0.3, -0.25) is 9.31 Å². The average molecular weight is 200 g/mol. The van der Waals surface area contributed by atoms with Crippen LogP contribution in [0.15, 0.2) is 6.20 Å². The van der Waals surface area contributed by atoms with E-state index in [1.165, 1.54) is 0 Å². The van der Waals surface area contributed by atoms with Crippen molar-refractivity contribution < 1.29 is 4.21 Å². The maximum atomic E-state index is 11.1. The van der Waals surface area contributed by atoms with Gasteiger partial charge >= 0.3 is 0 Å². The topological polar surface area (TPSA) is 75.0 Å². The molecule has 1 fully saturated rings. The minimum absolute atomic E-state index is 0.590. The summed E-state index contributed by atoms with van der Waals surface area (Å²) in [6.45, 7) is 1.60. The average Bonchev–Trinajstić information content (AvgIpc) is 2.53. The van der Waals surface area contributed by atoms with Gasteiger partial charge in [0.15, 0.2) is 0 Å². The second-order valence-electron chi connectivity index (χ2n) is 3.00. The zero-order valence-corrected chi connectivity index (χ0v) is 8.01. The number of aromatic amines is 1. The zero-order valence-electron chi connectivity index (χ0n) is 7.19. The van der Waals surface area contributed by atoms with Crippen molar-refractivity contribution in [3.05, 3.63) is 6.20 Å². The van der Waals surface area contributed by atoms with Crippen LogP contribution in [0, 0.1) is 0 Å². The molecule has 1 aliphatic rings. The molecule has 0 radical (unpaired) electrons. The van der Waals surface area contributed by atoms with Gasteiger partial charge < -0.3 is 10.6 Å². The molecule has 1 aliphatic heterocycles. The summed E-state index contributed by atoms with van der Waals surface area (Å²) in [7, 11) is -0.642. The number of anilines is 2. The van der Waals surface area contributed by atoms with E-state index < -0.39 is 10.8 Å². The van der Waals surface area contributed by atoms with Crippen LogP contribution in [0.2, 0.25) is 0 Å². The number of hydrogen-bond acceptors (Lipinski definition) is 4. The summed E-state index contributed by atoms with van der Waals surface area (Å²) in [5.41, 5.74) is 6.60. The Balaban J connectivity index is 2.10. The SMILES string of the molecule is Nc1[nH]ncc1N1CCS(=O)CC1. The third-order valence-electron chi connectivity index (χ3n) is 2.17. The Morgan fingerprint density at radius 1 is 1.54 bits per heavy atom. The highest BCUT2D eigenvalue weighted by atomic mass is 32.2. The predicted octanol–water partition coefficient (Wildman–Crippen LogP) is -0.439. The lowest BCUT2D eigenvalue weighted by atomic mass is 10.4. The molecule has 0 bridgehead atoms. The Kier molecular flexibility index (Phi) is 2.22. The summed E-state index contributed by atoms with van der Waals surface area (Å²) in [6.07, 6.45) is 1.71. The van der Waals surface area contributed by atoms with Crippen molar-refractivity contribution in [3.63, 3.8) is 0 Å². The number of H-pyrrole nitrogens is 1. The van der Waals surface area contributed by atoms with E-state index in [9.17, 15) is 4.21 Å². The first-order valence-electron chi connectivity index (χ1n) is 4.16. The molecule has 6 heteroatoms. The fourth-order valence-corrected chi connectivity index (χ4v) is 2.47. The van der Waals surface area contributed by atoms with E-state index in [4.69, 9.17) is 5.73 Å². The van der Waals surface area contributed by atoms with E-state index in [2.05, 4.69) is 15.1 Å². The van der Waals surface area contributed by atoms with Crippen molar-refractivity contribution in [3.8, 4) is 0 Å². The van der Waals surface area contributed by atoms with Gasteiger partial charge in [-0.2, -0.15) is 5.10 Å². The standard InChI is InChI=1S/C7H12N4OS/c8-7-6(5-9-10-7)11-1-3-13(12)4-2-11/h5H,1-4H2,(H3,8,9,10). The number of nitrogens with two attached hydrogens (primary N) is 1. The van der Waals surface area contributed by atoms with Crippen molar-refractivity contribution in [1.29, 1.82) is 0 Å². The van der Waals surface area contributed by atoms with Gasteiger partial charge in [-0.25, -0.2) is 0 Å². The molecule has 0 unspecified atom stereocenters.